The van der Waals surface area contributed by atoms with Gasteiger partial charge in [0.1, 0.15) is 11.6 Å². The van der Waals surface area contributed by atoms with E-state index in [2.05, 4.69) is 10.7 Å². The van der Waals surface area contributed by atoms with Gasteiger partial charge in [0.15, 0.2) is 6.54 Å². The molecule has 0 radical (unpaired) electrons. The lowest BCUT2D eigenvalue weighted by atomic mass is 9.87. The van der Waals surface area contributed by atoms with Crippen molar-refractivity contribution in [1.29, 1.82) is 0 Å². The molecule has 0 aliphatic carbocycles. The summed E-state index contributed by atoms with van der Waals surface area (Å²) in [6, 6.07) is 15.8. The molecule has 1 aliphatic heterocycles. The third kappa shape index (κ3) is 4.26. The minimum absolute atomic E-state index is 0.0124. The molecule has 3 rings (SSSR count). The van der Waals surface area contributed by atoms with Crippen molar-refractivity contribution in [3.63, 3.8) is 0 Å². The number of amides is 4. The van der Waals surface area contributed by atoms with E-state index in [0.717, 1.165) is 10.6 Å². The molecule has 7 nitrogen and oxygen atoms in total. The molecule has 4 amide bonds. The number of quaternary nitrogens is 1. The third-order valence-corrected chi connectivity index (χ3v) is 5.39. The van der Waals surface area contributed by atoms with Crippen LogP contribution in [-0.2, 0) is 15.1 Å². The Morgan fingerprint density at radius 2 is 1.93 bits per heavy atom. The number of nitrogens with one attached hydrogen (secondary N) is 2. The van der Waals surface area contributed by atoms with Crippen LogP contribution < -0.4 is 16.1 Å². The number of carbonyl (C=O) groups excluding carboxylic acids is 3. The van der Waals surface area contributed by atoms with Crippen LogP contribution in [0.25, 0.3) is 0 Å². The Hall–Kier alpha value is -2.90. The summed E-state index contributed by atoms with van der Waals surface area (Å²) >= 11 is 6.01. The molecule has 0 aromatic heterocycles. The van der Waals surface area contributed by atoms with Crippen molar-refractivity contribution in [2.24, 2.45) is 0 Å². The van der Waals surface area contributed by atoms with E-state index in [1.807, 2.05) is 43.4 Å². The first-order valence-electron chi connectivity index (χ1n) is 9.48. The van der Waals surface area contributed by atoms with E-state index >= 15 is 0 Å². The first kappa shape index (κ1) is 20.8. The first-order valence-corrected chi connectivity index (χ1v) is 9.85. The van der Waals surface area contributed by atoms with E-state index in [4.69, 9.17) is 11.6 Å². The van der Waals surface area contributed by atoms with Crippen LogP contribution in [0.3, 0.4) is 0 Å². The van der Waals surface area contributed by atoms with Gasteiger partial charge in [-0.2, -0.15) is 5.01 Å². The molecule has 8 heteroatoms. The van der Waals surface area contributed by atoms with Gasteiger partial charge < -0.3 is 10.6 Å². The SMILES string of the molecule is CC[C@]1(c2ccccc2)NC(=O)N(NC(=O)C[NH2+][C@H](C)c2cccc(Cl)c2)C1=O. The quantitative estimate of drug-likeness (QED) is 0.602. The van der Waals surface area contributed by atoms with Crippen molar-refractivity contribution in [3.8, 4) is 0 Å². The Morgan fingerprint density at radius 1 is 1.21 bits per heavy atom. The Morgan fingerprint density at radius 3 is 2.59 bits per heavy atom. The standard InChI is InChI=1S/C21H23ClN4O3/c1-3-21(16-9-5-4-6-10-16)19(28)26(20(29)24-21)25-18(27)13-23-14(2)15-8-7-11-17(22)12-15/h4-12,14,23H,3,13H2,1-2H3,(H,24,29)(H,25,27)/p+1/t14-,21-/m1/s1. The number of urea groups is 1. The Labute approximate surface area is 174 Å². The lowest BCUT2D eigenvalue weighted by molar-refractivity contribution is -0.682. The van der Waals surface area contributed by atoms with Gasteiger partial charge in [-0.05, 0) is 31.0 Å². The van der Waals surface area contributed by atoms with E-state index < -0.39 is 23.4 Å². The lowest BCUT2D eigenvalue weighted by Gasteiger charge is -2.25. The molecule has 29 heavy (non-hydrogen) atoms. The van der Waals surface area contributed by atoms with Crippen LogP contribution in [0.1, 0.15) is 37.4 Å². The molecule has 4 N–H and O–H groups in total. The van der Waals surface area contributed by atoms with Crippen LogP contribution in [0.2, 0.25) is 5.02 Å². The fourth-order valence-electron chi connectivity index (χ4n) is 3.42. The van der Waals surface area contributed by atoms with Crippen LogP contribution >= 0.6 is 11.6 Å². The zero-order chi connectivity index (χ0) is 21.0. The van der Waals surface area contributed by atoms with Crippen LogP contribution in [0, 0.1) is 0 Å². The van der Waals surface area contributed by atoms with Gasteiger partial charge in [0.2, 0.25) is 0 Å². The highest BCUT2D eigenvalue weighted by Crippen LogP contribution is 2.31. The highest BCUT2D eigenvalue weighted by molar-refractivity contribution is 6.30. The third-order valence-electron chi connectivity index (χ3n) is 5.16. The number of nitrogens with two attached hydrogens (primary N) is 1. The van der Waals surface area contributed by atoms with Gasteiger partial charge in [0.05, 0.1) is 0 Å². The molecule has 0 saturated carbocycles. The minimum atomic E-state index is -1.18. The number of rotatable bonds is 7. The summed E-state index contributed by atoms with van der Waals surface area (Å²) in [7, 11) is 0. The van der Waals surface area contributed by atoms with Gasteiger partial charge in [-0.1, -0.05) is 61.0 Å². The van der Waals surface area contributed by atoms with Gasteiger partial charge in [0, 0.05) is 10.6 Å². The molecule has 2 aromatic rings. The van der Waals surface area contributed by atoms with Crippen molar-refractivity contribution in [3.05, 3.63) is 70.7 Å². The Balaban J connectivity index is 1.64. The number of carbonyl (C=O) groups is 3. The number of hydrazine groups is 1. The monoisotopic (exact) mass is 415 g/mol. The Kier molecular flexibility index (Phi) is 6.20. The molecule has 152 valence electrons. The molecular formula is C21H24ClN4O3+. The predicted molar refractivity (Wildman–Crippen MR) is 109 cm³/mol. The second-order valence-electron chi connectivity index (χ2n) is 7.01. The summed E-state index contributed by atoms with van der Waals surface area (Å²) in [5.41, 5.74) is 2.91. The zero-order valence-electron chi connectivity index (χ0n) is 16.3. The molecule has 0 unspecified atom stereocenters. The molecule has 1 saturated heterocycles. The fraction of sp³-hybridized carbons (Fsp3) is 0.286. The van der Waals surface area contributed by atoms with Crippen molar-refractivity contribution < 1.29 is 19.7 Å². The summed E-state index contributed by atoms with van der Waals surface area (Å²) in [4.78, 5) is 37.8. The maximum absolute atomic E-state index is 13.0. The van der Waals surface area contributed by atoms with Crippen molar-refractivity contribution in [2.45, 2.75) is 31.8 Å². The average molecular weight is 416 g/mol. The second-order valence-corrected chi connectivity index (χ2v) is 7.45. The van der Waals surface area contributed by atoms with E-state index in [1.54, 1.807) is 30.3 Å². The summed E-state index contributed by atoms with van der Waals surface area (Å²) in [5, 5.41) is 5.95. The maximum atomic E-state index is 13.0. The number of halogens is 1. The van der Waals surface area contributed by atoms with Gasteiger partial charge in [0.25, 0.3) is 11.8 Å². The average Bonchev–Trinajstić information content (AvgIpc) is 2.97. The molecule has 0 spiro atoms. The Bertz CT molecular complexity index is 921. The molecular weight excluding hydrogens is 392 g/mol. The molecule has 1 fully saturated rings. The van der Waals surface area contributed by atoms with Crippen molar-refractivity contribution in [1.82, 2.24) is 15.8 Å². The molecule has 2 aromatic carbocycles. The second kappa shape index (κ2) is 8.63. The lowest BCUT2D eigenvalue weighted by Crippen LogP contribution is -2.87. The largest absolute Gasteiger partial charge is 0.344 e. The number of benzene rings is 2. The maximum Gasteiger partial charge on any atom is 0.344 e. The van der Waals surface area contributed by atoms with Crippen molar-refractivity contribution in [2.75, 3.05) is 6.54 Å². The van der Waals surface area contributed by atoms with Crippen LogP contribution in [-0.4, -0.2) is 29.4 Å². The van der Waals surface area contributed by atoms with E-state index in [9.17, 15) is 14.4 Å². The predicted octanol–water partition coefficient (Wildman–Crippen LogP) is 1.85. The smallest absolute Gasteiger partial charge is 0.332 e. The molecule has 0 bridgehead atoms. The van der Waals surface area contributed by atoms with Crippen LogP contribution in [0.5, 0.6) is 0 Å². The van der Waals surface area contributed by atoms with E-state index in [1.165, 1.54) is 0 Å². The van der Waals surface area contributed by atoms with Crippen molar-refractivity contribution >= 4 is 29.4 Å². The van der Waals surface area contributed by atoms with Gasteiger partial charge >= 0.3 is 6.03 Å². The summed E-state index contributed by atoms with van der Waals surface area (Å²) in [6.07, 6.45) is 0.367. The minimum Gasteiger partial charge on any atom is -0.332 e. The normalized spacial score (nSPS) is 19.8. The summed E-state index contributed by atoms with van der Waals surface area (Å²) in [6.45, 7) is 3.82. The summed E-state index contributed by atoms with van der Waals surface area (Å²) < 4.78 is 0. The fourth-order valence-corrected chi connectivity index (χ4v) is 3.62. The van der Waals surface area contributed by atoms with Gasteiger partial charge in [-0.15, -0.1) is 0 Å². The topological polar surface area (TPSA) is 95.1 Å². The first-order chi connectivity index (χ1) is 13.9. The molecule has 1 aliphatic rings. The number of hydrogen-bond acceptors (Lipinski definition) is 3. The van der Waals surface area contributed by atoms with Gasteiger partial charge in [-0.3, -0.25) is 15.0 Å². The van der Waals surface area contributed by atoms with E-state index in [0.29, 0.717) is 17.0 Å². The number of hydrogen-bond donors (Lipinski definition) is 3. The van der Waals surface area contributed by atoms with Gasteiger partial charge in [-0.25, -0.2) is 4.79 Å². The molecule has 2 atom stereocenters. The highest BCUT2D eigenvalue weighted by Gasteiger charge is 2.52. The highest BCUT2D eigenvalue weighted by atomic mass is 35.5. The molecule has 1 heterocycles. The van der Waals surface area contributed by atoms with E-state index in [-0.39, 0.29) is 12.6 Å². The number of imide groups is 1. The summed E-state index contributed by atoms with van der Waals surface area (Å²) in [5.74, 6) is -0.935. The number of nitrogens with zero attached hydrogens (tertiary/aromatic N) is 1. The van der Waals surface area contributed by atoms with Crippen LogP contribution in [0.15, 0.2) is 54.6 Å². The zero-order valence-corrected chi connectivity index (χ0v) is 17.1. The van der Waals surface area contributed by atoms with Crippen LogP contribution in [0.4, 0.5) is 4.79 Å².